The molecule has 0 aliphatic carbocycles. The first-order valence-electron chi connectivity index (χ1n) is 23.8. The van der Waals surface area contributed by atoms with Gasteiger partial charge in [-0.3, -0.25) is 14.5 Å². The van der Waals surface area contributed by atoms with Crippen LogP contribution in [0.25, 0.3) is 0 Å². The van der Waals surface area contributed by atoms with E-state index in [0.29, 0.717) is 30.0 Å². The molecule has 1 aromatic heterocycles. The minimum atomic E-state index is -2.08. The average Bonchev–Trinajstić information content (AvgIpc) is 3.79. The number of nitrogens with one attached hydrogen (secondary N) is 2. The van der Waals surface area contributed by atoms with Crippen molar-refractivity contribution in [2.24, 2.45) is 10.7 Å². The molecule has 0 bridgehead atoms. The van der Waals surface area contributed by atoms with Crippen molar-refractivity contribution in [3.63, 3.8) is 0 Å². The summed E-state index contributed by atoms with van der Waals surface area (Å²) in [4.78, 5) is 6.97. The summed E-state index contributed by atoms with van der Waals surface area (Å²) in [6, 6.07) is 19.4. The highest BCUT2D eigenvalue weighted by molar-refractivity contribution is 7.42. The molecule has 16 heteroatoms. The minimum Gasteiger partial charge on any atom is -0.426 e. The number of rotatable bonds is 36. The van der Waals surface area contributed by atoms with Crippen molar-refractivity contribution in [1.29, 1.82) is 15.9 Å². The number of halogens is 1. The number of aliphatic imine (C=N–C) groups is 1. The molecular weight excluding hydrogens is 875 g/mol. The predicted octanol–water partition coefficient (Wildman–Crippen LogP) is 11.4. The van der Waals surface area contributed by atoms with Crippen molar-refractivity contribution in [2.75, 3.05) is 33.5 Å². The van der Waals surface area contributed by atoms with Crippen LogP contribution >= 0.6 is 8.60 Å². The molecule has 0 fully saturated rings. The maximum atomic E-state index is 14.3. The van der Waals surface area contributed by atoms with E-state index in [4.69, 9.17) is 49.1 Å². The van der Waals surface area contributed by atoms with Crippen LogP contribution in [-0.4, -0.2) is 78.4 Å². The van der Waals surface area contributed by atoms with E-state index in [1.807, 2.05) is 43.3 Å². The number of aromatic nitrogens is 1. The number of H-pyrrole nitrogens is 1. The van der Waals surface area contributed by atoms with E-state index in [1.165, 1.54) is 123 Å². The van der Waals surface area contributed by atoms with Crippen LogP contribution in [0.1, 0.15) is 158 Å². The number of hydrogen-bond donors (Lipinski definition) is 5. The van der Waals surface area contributed by atoms with Crippen molar-refractivity contribution in [1.82, 2.24) is 4.98 Å². The van der Waals surface area contributed by atoms with Crippen LogP contribution in [0.3, 0.4) is 0 Å². The Bertz CT molecular complexity index is 1910. The molecule has 3 aromatic rings. The Balaban J connectivity index is 0.00000292. The second kappa shape index (κ2) is 34.9. The molecule has 3 rings (SSSR count). The first kappa shape index (κ1) is 58.8. The van der Waals surface area contributed by atoms with Crippen LogP contribution in [0.2, 0.25) is 0 Å². The van der Waals surface area contributed by atoms with Crippen LogP contribution in [0, 0.1) is 40.8 Å². The third-order valence-electron chi connectivity index (χ3n) is 10.7. The van der Waals surface area contributed by atoms with Crippen LogP contribution < -0.4 is 10.3 Å². The number of nitrogens with zero attached hydrogens (tertiary/aromatic N) is 3. The van der Waals surface area contributed by atoms with E-state index in [9.17, 15) is 14.9 Å². The van der Waals surface area contributed by atoms with Crippen molar-refractivity contribution in [3.8, 4) is 17.9 Å². The van der Waals surface area contributed by atoms with E-state index >= 15 is 0 Å². The van der Waals surface area contributed by atoms with Gasteiger partial charge in [-0.2, -0.15) is 10.5 Å². The summed E-state index contributed by atoms with van der Waals surface area (Å²) in [7, 11) is -0.629. The number of nitrogens with two attached hydrogens (primary N) is 1. The Morgan fingerprint density at radius 1 is 0.896 bits per heavy atom. The average molecular weight is 953 g/mol. The Hall–Kier alpha value is -4.28. The quantitative estimate of drug-likeness (QED) is 0.0121. The molecule has 0 aliphatic rings. The van der Waals surface area contributed by atoms with Crippen molar-refractivity contribution >= 4 is 20.8 Å². The van der Waals surface area contributed by atoms with Crippen LogP contribution in [0.4, 0.5) is 4.39 Å². The van der Waals surface area contributed by atoms with Gasteiger partial charge in [0.1, 0.15) is 35.9 Å². The van der Waals surface area contributed by atoms with Crippen LogP contribution in [0.15, 0.2) is 59.6 Å². The molecule has 3 unspecified atom stereocenters. The molecule has 0 saturated heterocycles. The summed E-state index contributed by atoms with van der Waals surface area (Å²) in [5.74, 6) is -1.28. The number of methoxy groups -OCH3 is 1. The first-order valence-corrected chi connectivity index (χ1v) is 24.9. The molecule has 372 valence electrons. The van der Waals surface area contributed by atoms with Gasteiger partial charge in [0, 0.05) is 19.4 Å². The zero-order chi connectivity index (χ0) is 49.2. The summed E-state index contributed by atoms with van der Waals surface area (Å²) in [5.41, 5.74) is 7.52. The molecule has 14 nitrogen and oxygen atoms in total. The van der Waals surface area contributed by atoms with Gasteiger partial charge in [-0.15, -0.1) is 0 Å². The lowest BCUT2D eigenvalue weighted by atomic mass is 9.99. The summed E-state index contributed by atoms with van der Waals surface area (Å²) >= 11 is 0. The fraction of sp³-hybridized carbons (Fsp3) is 0.608. The van der Waals surface area contributed by atoms with E-state index in [2.05, 4.69) is 23.0 Å². The number of amidine groups is 1. The van der Waals surface area contributed by atoms with Crippen molar-refractivity contribution in [3.05, 3.63) is 88.5 Å². The van der Waals surface area contributed by atoms with Gasteiger partial charge in [-0.05, 0) is 87.6 Å². The fourth-order valence-electron chi connectivity index (χ4n) is 6.83. The van der Waals surface area contributed by atoms with E-state index < -0.39 is 31.9 Å². The van der Waals surface area contributed by atoms with Gasteiger partial charge in [0.15, 0.2) is 11.4 Å². The predicted molar refractivity (Wildman–Crippen MR) is 263 cm³/mol. The fourth-order valence-corrected chi connectivity index (χ4v) is 7.98. The highest BCUT2D eigenvalue weighted by atomic mass is 31.2. The maximum absolute atomic E-state index is 14.3. The number of hydrogen-bond acceptors (Lipinski definition) is 11. The second-order valence-corrected chi connectivity index (χ2v) is 18.4. The van der Waals surface area contributed by atoms with E-state index in [0.717, 1.165) is 30.4 Å². The van der Waals surface area contributed by atoms with Gasteiger partial charge >= 0.3 is 8.60 Å². The largest absolute Gasteiger partial charge is 0.426 e. The lowest BCUT2D eigenvalue weighted by Gasteiger charge is -2.27. The molecule has 1 heterocycles. The lowest BCUT2D eigenvalue weighted by molar-refractivity contribution is -0.127. The number of unbranched alkanes of at least 4 members (excludes halogenated alkanes) is 15. The number of aliphatic hydroxyl groups is 2. The summed E-state index contributed by atoms with van der Waals surface area (Å²) < 4.78 is 51.1. The zero-order valence-corrected chi connectivity index (χ0v) is 41.6. The number of para-hydroxylation sites is 1. The number of ether oxygens (including phenoxy) is 3. The standard InChI is InChI=1S/C48H70FN6O6P.C3H8O2/c1-4-5-6-7-8-9-10-11-12-13-14-15-16-17-18-21-28-57-34-44(58-33-41-29-40(32-50)30-42(49)31-41)35-59-62(61-46-23-20-19-22-39(46)2)60-37-48(36-51,56-3)27-26-43-24-25-45(55-43)47(53)54-38-52;1-3(2,4)5/h19-20,22-25,29-31,38,44,55H,4-18,21,26-28,33-35,37H2,1-3H3,(H3,52,53,54);4-5H,1-2H3. The van der Waals surface area contributed by atoms with Gasteiger partial charge in [0.2, 0.25) is 0 Å². The number of benzene rings is 2. The Kier molecular flexibility index (Phi) is 30.7. The van der Waals surface area contributed by atoms with Gasteiger partial charge in [-0.25, -0.2) is 9.38 Å². The lowest BCUT2D eigenvalue weighted by Crippen LogP contribution is -2.36. The van der Waals surface area contributed by atoms with Crippen molar-refractivity contribution < 1.29 is 42.4 Å². The number of aromatic amines is 1. The monoisotopic (exact) mass is 953 g/mol. The molecule has 3 atom stereocenters. The summed E-state index contributed by atoms with van der Waals surface area (Å²) in [5, 5.41) is 43.0. The molecular formula is C51H78FN6O8P. The van der Waals surface area contributed by atoms with Crippen LogP contribution in [-0.2, 0) is 36.3 Å². The van der Waals surface area contributed by atoms with E-state index in [-0.39, 0.29) is 44.2 Å². The highest BCUT2D eigenvalue weighted by Gasteiger charge is 2.33. The molecule has 67 heavy (non-hydrogen) atoms. The second-order valence-electron chi connectivity index (χ2n) is 17.3. The molecule has 0 spiro atoms. The third kappa shape index (κ3) is 28.0. The van der Waals surface area contributed by atoms with E-state index in [1.54, 1.807) is 12.1 Å². The topological polar surface area (TPSA) is 221 Å². The van der Waals surface area contributed by atoms with Crippen LogP contribution in [0.5, 0.6) is 5.75 Å². The first-order chi connectivity index (χ1) is 32.2. The Labute approximate surface area is 400 Å². The van der Waals surface area contributed by atoms with Gasteiger partial charge in [0.25, 0.3) is 0 Å². The number of aryl methyl sites for hydroxylation is 2. The summed E-state index contributed by atoms with van der Waals surface area (Å²) in [6.07, 6.45) is 21.7. The van der Waals surface area contributed by atoms with Gasteiger partial charge in [-0.1, -0.05) is 121 Å². The third-order valence-corrected chi connectivity index (χ3v) is 11.7. The van der Waals surface area contributed by atoms with Gasteiger partial charge in [0.05, 0.1) is 43.8 Å². The van der Waals surface area contributed by atoms with Gasteiger partial charge < -0.3 is 39.7 Å². The molecule has 0 amide bonds. The Morgan fingerprint density at radius 2 is 1.51 bits per heavy atom. The molecule has 6 N–H and O–H groups in total. The molecule has 2 aromatic carbocycles. The number of nitriles is 2. The zero-order valence-electron chi connectivity index (χ0n) is 40.7. The normalized spacial score (nSPS) is 13.4. The van der Waals surface area contributed by atoms with Crippen molar-refractivity contribution in [2.45, 2.75) is 167 Å². The maximum Gasteiger partial charge on any atom is 0.397 e. The Morgan fingerprint density at radius 3 is 2.07 bits per heavy atom. The molecule has 0 aliphatic heterocycles. The SMILES string of the molecule is CC(C)(O)O.CCCCCCCCCCCCCCCCCCOCC(COP(OCC(C#N)(CCc1ccc(C(N)=NC=N)[nH]1)OC)Oc1ccccc1C)OCc1cc(F)cc(C#N)c1. The molecule has 0 radical (unpaired) electrons. The minimum absolute atomic E-state index is 0.00742. The smallest absolute Gasteiger partial charge is 0.397 e. The summed E-state index contributed by atoms with van der Waals surface area (Å²) in [6.45, 7) is 7.42. The highest BCUT2D eigenvalue weighted by Crippen LogP contribution is 2.43. The molecule has 0 saturated carbocycles.